The lowest BCUT2D eigenvalue weighted by molar-refractivity contribution is 0.0962. The third-order valence-electron chi connectivity index (χ3n) is 5.03. The number of fused-ring (bicyclic) bond motifs is 1. The topological polar surface area (TPSA) is 101 Å². The van der Waals surface area contributed by atoms with Crippen LogP contribution in [-0.4, -0.2) is 49.9 Å². The molecule has 1 aliphatic heterocycles. The Morgan fingerprint density at radius 1 is 1.09 bits per heavy atom. The van der Waals surface area contributed by atoms with Gasteiger partial charge in [0.1, 0.15) is 16.5 Å². The molecule has 0 unspecified atom stereocenters. The molecule has 0 spiro atoms. The first-order valence-corrected chi connectivity index (χ1v) is 12.0. The van der Waals surface area contributed by atoms with Gasteiger partial charge in [-0.1, -0.05) is 19.4 Å². The summed E-state index contributed by atoms with van der Waals surface area (Å²) in [7, 11) is -7.74. The number of benzene rings is 2. The molecule has 0 atom stereocenters. The summed E-state index contributed by atoms with van der Waals surface area (Å²) in [6.07, 6.45) is -0.778. The van der Waals surface area contributed by atoms with E-state index in [1.54, 1.807) is 6.92 Å². The second kappa shape index (κ2) is 8.29. The van der Waals surface area contributed by atoms with Gasteiger partial charge in [-0.25, -0.2) is 4.79 Å². The summed E-state index contributed by atoms with van der Waals surface area (Å²) >= 11 is 0. The Kier molecular flexibility index (Phi) is 6.17. The van der Waals surface area contributed by atoms with Crippen LogP contribution in [0.1, 0.15) is 28.4 Å². The molecular weight excluding hydrogens is 501 g/mol. The van der Waals surface area contributed by atoms with Crippen LogP contribution in [0.25, 0.3) is 0 Å². The molecule has 0 saturated carbocycles. The lowest BCUT2D eigenvalue weighted by atomic mass is 10.1. The van der Waals surface area contributed by atoms with Crippen LogP contribution >= 0.6 is 10.2 Å². The molecule has 1 aliphatic rings. The van der Waals surface area contributed by atoms with E-state index in [1.807, 2.05) is 0 Å². The fraction of sp³-hybridized carbons (Fsp3) is 0.286. The third kappa shape index (κ3) is 5.75. The van der Waals surface area contributed by atoms with E-state index >= 15 is 0 Å². The molecule has 2 aromatic carbocycles. The van der Waals surface area contributed by atoms with Crippen molar-refractivity contribution in [2.45, 2.75) is 18.4 Å². The molecule has 0 aliphatic carbocycles. The summed E-state index contributed by atoms with van der Waals surface area (Å²) in [5, 5.41) is 10.7. The Hall–Kier alpha value is -3.55. The van der Waals surface area contributed by atoms with Crippen molar-refractivity contribution in [3.63, 3.8) is 0 Å². The van der Waals surface area contributed by atoms with Crippen molar-refractivity contribution < 1.29 is 43.2 Å². The minimum Gasteiger partial charge on any atom is -0.497 e. The van der Waals surface area contributed by atoms with Gasteiger partial charge in [0, 0.05) is 30.8 Å². The minimum atomic E-state index is -10.1. The van der Waals surface area contributed by atoms with Gasteiger partial charge in [0.15, 0.2) is 17.3 Å². The van der Waals surface area contributed by atoms with Crippen LogP contribution in [-0.2, 0) is 6.54 Å². The molecule has 0 bridgehead atoms. The van der Waals surface area contributed by atoms with E-state index < -0.39 is 44.9 Å². The second-order valence-electron chi connectivity index (χ2n) is 7.52. The Bertz CT molecular complexity index is 1220. The summed E-state index contributed by atoms with van der Waals surface area (Å²) in [5.41, 5.74) is 0.197. The van der Waals surface area contributed by atoms with Crippen LogP contribution in [0.2, 0.25) is 0 Å². The van der Waals surface area contributed by atoms with Crippen LogP contribution in [0.4, 0.5) is 24.2 Å². The molecule has 2 aromatic rings. The van der Waals surface area contributed by atoms with Crippen molar-refractivity contribution in [3.8, 4) is 17.2 Å². The average Bonchev–Trinajstić information content (AvgIpc) is 3.06. The van der Waals surface area contributed by atoms with Crippen LogP contribution in [0.15, 0.2) is 35.2 Å². The summed E-state index contributed by atoms with van der Waals surface area (Å²) in [5.74, 6) is -1.43. The van der Waals surface area contributed by atoms with E-state index in [0.29, 0.717) is 11.1 Å². The monoisotopic (exact) mass is 523 g/mol. The Morgan fingerprint density at radius 3 is 2.34 bits per heavy atom. The van der Waals surface area contributed by atoms with E-state index in [4.69, 9.17) is 14.9 Å². The number of hydrogen-bond acceptors (Lipinski definition) is 6. The normalized spacial score (nSPS) is 15.1. The predicted octanol–water partition coefficient (Wildman–Crippen LogP) is 5.49. The highest BCUT2D eigenvalue weighted by molar-refractivity contribution is 8.45. The van der Waals surface area contributed by atoms with Crippen molar-refractivity contribution in [3.05, 3.63) is 47.0 Å². The number of carbonyl (C=O) groups excluding carboxylic acids is 2. The molecule has 0 aromatic heterocycles. The summed E-state index contributed by atoms with van der Waals surface area (Å²) in [6, 6.07) is 4.04. The fourth-order valence-corrected chi connectivity index (χ4v) is 4.07. The first-order valence-electron chi connectivity index (χ1n) is 10.1. The van der Waals surface area contributed by atoms with Gasteiger partial charge < -0.3 is 24.4 Å². The maximum Gasteiger partial charge on any atom is 0.412 e. The minimum absolute atomic E-state index is 0.0125. The van der Waals surface area contributed by atoms with Crippen LogP contribution < -0.4 is 19.5 Å². The lowest BCUT2D eigenvalue weighted by Gasteiger charge is -2.40. The van der Waals surface area contributed by atoms with Crippen molar-refractivity contribution >= 4 is 27.9 Å². The van der Waals surface area contributed by atoms with Crippen molar-refractivity contribution in [2.24, 2.45) is 0 Å². The molecule has 2 N–H and O–H groups in total. The molecule has 1 heterocycles. The molecule has 3 rings (SSSR count). The summed E-state index contributed by atoms with van der Waals surface area (Å²) < 4.78 is 82.0. The molecule has 192 valence electrons. The molecular formula is C21H22F5N3O5S. The summed E-state index contributed by atoms with van der Waals surface area (Å²) in [4.78, 5) is 23.4. The number of nitrogens with zero attached hydrogens (tertiary/aromatic N) is 1. The van der Waals surface area contributed by atoms with Gasteiger partial charge in [-0.3, -0.25) is 10.2 Å². The van der Waals surface area contributed by atoms with Gasteiger partial charge in [-0.05, 0) is 36.8 Å². The van der Waals surface area contributed by atoms with Crippen LogP contribution in [0, 0.1) is 5.41 Å². The zero-order chi connectivity index (χ0) is 26.2. The number of carbonyl (C=O) groups is 2. The number of methoxy groups -OCH3 is 1. The standard InChI is InChI=1S/C21H22F5N3O5S/c1-4-33-18-7-13-10-29(20(27)16(13)9-19(18)34-21(31)28-2)11-17(30)12-5-14(32-3)8-15(6-12)35(22,23,24,25)26/h5-9,27H,4,10-11H2,1-3H3,(H,28,31). The number of ketones is 1. The van der Waals surface area contributed by atoms with Gasteiger partial charge in [0.2, 0.25) is 0 Å². The second-order valence-corrected chi connectivity index (χ2v) is 9.93. The first-order chi connectivity index (χ1) is 16.1. The molecule has 8 nitrogen and oxygen atoms in total. The van der Waals surface area contributed by atoms with E-state index in [9.17, 15) is 29.0 Å². The van der Waals surface area contributed by atoms with Crippen LogP contribution in [0.5, 0.6) is 17.2 Å². The molecule has 0 radical (unpaired) electrons. The number of amidine groups is 1. The van der Waals surface area contributed by atoms with Gasteiger partial charge >= 0.3 is 16.3 Å². The molecule has 1 amide bonds. The van der Waals surface area contributed by atoms with Gasteiger partial charge in [-0.2, -0.15) is 0 Å². The smallest absolute Gasteiger partial charge is 0.412 e. The van der Waals surface area contributed by atoms with E-state index in [2.05, 4.69) is 10.1 Å². The van der Waals surface area contributed by atoms with E-state index in [0.717, 1.165) is 13.2 Å². The number of nitrogens with one attached hydrogen (secondary N) is 2. The highest BCUT2D eigenvalue weighted by Crippen LogP contribution is 3.02. The van der Waals surface area contributed by atoms with Crippen molar-refractivity contribution in [1.29, 1.82) is 5.41 Å². The van der Waals surface area contributed by atoms with Gasteiger partial charge in [-0.15, -0.1) is 0 Å². The Labute approximate surface area is 197 Å². The Balaban J connectivity index is 1.90. The molecule has 14 heteroatoms. The number of Topliss-reactive ketones (excluding diaryl/α,β-unsaturated/α-hetero) is 1. The number of ether oxygens (including phenoxy) is 3. The summed E-state index contributed by atoms with van der Waals surface area (Å²) in [6.45, 7) is 1.39. The number of hydrogen-bond donors (Lipinski definition) is 2. The quantitative estimate of drug-likeness (QED) is 0.350. The molecule has 0 saturated heterocycles. The maximum absolute atomic E-state index is 13.3. The first kappa shape index (κ1) is 26.1. The highest BCUT2D eigenvalue weighted by atomic mass is 32.5. The fourth-order valence-electron chi connectivity index (χ4n) is 3.38. The molecule has 35 heavy (non-hydrogen) atoms. The zero-order valence-electron chi connectivity index (χ0n) is 18.8. The predicted molar refractivity (Wildman–Crippen MR) is 119 cm³/mol. The zero-order valence-corrected chi connectivity index (χ0v) is 19.6. The highest BCUT2D eigenvalue weighted by Gasteiger charge is 2.65. The van der Waals surface area contributed by atoms with Gasteiger partial charge in [0.25, 0.3) is 0 Å². The van der Waals surface area contributed by atoms with Crippen LogP contribution in [0.3, 0.4) is 0 Å². The number of halogens is 5. The number of amides is 1. The van der Waals surface area contributed by atoms with E-state index in [1.165, 1.54) is 24.1 Å². The maximum atomic E-state index is 13.3. The lowest BCUT2D eigenvalue weighted by Crippen LogP contribution is -2.30. The number of rotatable bonds is 8. The largest absolute Gasteiger partial charge is 0.497 e. The van der Waals surface area contributed by atoms with Gasteiger partial charge in [0.05, 0.1) is 20.3 Å². The SMILES string of the molecule is CCOc1cc2c(cc1OC(=O)NC)C(=N)N(CC(=O)c1cc(OC)cc(S(F)(F)(F)(F)F)c1)C2. The Morgan fingerprint density at radius 2 is 1.77 bits per heavy atom. The third-order valence-corrected chi connectivity index (χ3v) is 6.15. The van der Waals surface area contributed by atoms with E-state index in [-0.39, 0.29) is 42.6 Å². The average molecular weight is 523 g/mol. The van der Waals surface area contributed by atoms with Crippen molar-refractivity contribution in [1.82, 2.24) is 10.2 Å². The van der Waals surface area contributed by atoms with Crippen molar-refractivity contribution in [2.75, 3.05) is 27.3 Å². The molecule has 0 fully saturated rings.